The van der Waals surface area contributed by atoms with Crippen LogP contribution in [-0.4, -0.2) is 40.6 Å². The van der Waals surface area contributed by atoms with Crippen molar-refractivity contribution in [3.8, 4) is 11.3 Å². The molecule has 5 heteroatoms. The van der Waals surface area contributed by atoms with Crippen molar-refractivity contribution < 1.29 is 0 Å². The Morgan fingerprint density at radius 1 is 0.909 bits per heavy atom. The number of aromatic amines is 1. The second-order valence-corrected chi connectivity index (χ2v) is 8.98. The van der Waals surface area contributed by atoms with Crippen LogP contribution in [-0.2, 0) is 0 Å². The molecular weight excluding hydrogens is 406 g/mol. The molecule has 33 heavy (non-hydrogen) atoms. The molecule has 0 bridgehead atoms. The average Bonchev–Trinajstić information content (AvgIpc) is 3.23. The summed E-state index contributed by atoms with van der Waals surface area (Å²) in [5, 5.41) is 2.40. The number of piperazine rings is 1. The lowest BCUT2D eigenvalue weighted by atomic mass is 10.0. The quantitative estimate of drug-likeness (QED) is 0.391. The predicted molar refractivity (Wildman–Crippen MR) is 137 cm³/mol. The van der Waals surface area contributed by atoms with Crippen molar-refractivity contribution in [2.75, 3.05) is 29.4 Å². The summed E-state index contributed by atoms with van der Waals surface area (Å²) in [6.45, 7) is 7.19. The van der Waals surface area contributed by atoms with Gasteiger partial charge in [-0.1, -0.05) is 30.3 Å². The molecule has 1 aliphatic heterocycles. The molecule has 6 rings (SSSR count). The van der Waals surface area contributed by atoms with Gasteiger partial charge in [-0.05, 0) is 56.3 Å². The smallest absolute Gasteiger partial charge is 0.128 e. The normalized spacial score (nSPS) is 16.6. The first-order valence-corrected chi connectivity index (χ1v) is 11.6. The number of fused-ring (bicyclic) bond motifs is 2. The van der Waals surface area contributed by atoms with Gasteiger partial charge in [0.05, 0.1) is 16.9 Å². The van der Waals surface area contributed by atoms with Gasteiger partial charge in [-0.2, -0.15) is 0 Å². The maximum atomic E-state index is 5.17. The first-order valence-electron chi connectivity index (χ1n) is 11.6. The molecular formula is C28H27N5. The van der Waals surface area contributed by atoms with E-state index in [0.717, 1.165) is 47.7 Å². The molecule has 1 saturated heterocycles. The molecule has 1 aliphatic rings. The Kier molecular flexibility index (Phi) is 4.75. The molecule has 2 aromatic carbocycles. The topological polar surface area (TPSA) is 48.1 Å². The number of nitrogens with zero attached hydrogens (tertiary/aromatic N) is 4. The molecule has 1 N–H and O–H groups in total. The lowest BCUT2D eigenvalue weighted by Gasteiger charge is -2.42. The first-order chi connectivity index (χ1) is 16.2. The van der Waals surface area contributed by atoms with E-state index in [0.29, 0.717) is 6.04 Å². The molecule has 0 spiro atoms. The van der Waals surface area contributed by atoms with Crippen LogP contribution in [0.1, 0.15) is 12.6 Å². The van der Waals surface area contributed by atoms with Crippen LogP contribution in [0.15, 0.2) is 79.0 Å². The Balaban J connectivity index is 1.43. The molecule has 3 aromatic heterocycles. The van der Waals surface area contributed by atoms with Crippen LogP contribution in [0.5, 0.6) is 0 Å². The summed E-state index contributed by atoms with van der Waals surface area (Å²) < 4.78 is 0. The Hall–Kier alpha value is -3.86. The highest BCUT2D eigenvalue weighted by Crippen LogP contribution is 2.36. The Labute approximate surface area is 193 Å². The van der Waals surface area contributed by atoms with Crippen molar-refractivity contribution in [2.24, 2.45) is 0 Å². The standard InChI is InChI=1S/C28H27N5/c1-19-15-23-16-22(10-11-25(23)30-19)28-26(17-21-7-3-4-8-24(21)31-28)33-14-13-32(18-20(33)2)27-9-5-6-12-29-27/h3-12,15-17,20,30H,13-14,18H2,1-2H3/t20-/m0/s1. The lowest BCUT2D eigenvalue weighted by molar-refractivity contribution is 0.547. The third kappa shape index (κ3) is 3.59. The Morgan fingerprint density at radius 2 is 1.79 bits per heavy atom. The number of anilines is 2. The van der Waals surface area contributed by atoms with Gasteiger partial charge in [0.15, 0.2) is 0 Å². The monoisotopic (exact) mass is 433 g/mol. The van der Waals surface area contributed by atoms with Gasteiger partial charge < -0.3 is 14.8 Å². The maximum Gasteiger partial charge on any atom is 0.128 e. The number of para-hydroxylation sites is 1. The van der Waals surface area contributed by atoms with Gasteiger partial charge in [-0.25, -0.2) is 9.97 Å². The van der Waals surface area contributed by atoms with E-state index in [1.165, 1.54) is 22.2 Å². The van der Waals surface area contributed by atoms with Gasteiger partial charge in [-0.15, -0.1) is 0 Å². The molecule has 5 aromatic rings. The SMILES string of the molecule is Cc1cc2cc(-c3nc4ccccc4cc3N3CCN(c4ccccn4)C[C@@H]3C)ccc2[nH]1. The first kappa shape index (κ1) is 19.8. The van der Waals surface area contributed by atoms with E-state index < -0.39 is 0 Å². The molecule has 0 aliphatic carbocycles. The van der Waals surface area contributed by atoms with E-state index in [2.05, 4.69) is 100 Å². The fraction of sp³-hybridized carbons (Fsp3) is 0.214. The number of rotatable bonds is 3. The summed E-state index contributed by atoms with van der Waals surface area (Å²) in [5.41, 5.74) is 6.77. The summed E-state index contributed by atoms with van der Waals surface area (Å²) in [6.07, 6.45) is 1.87. The second kappa shape index (κ2) is 7.93. The number of H-pyrrole nitrogens is 1. The average molecular weight is 434 g/mol. The summed E-state index contributed by atoms with van der Waals surface area (Å²) in [5.74, 6) is 1.05. The highest BCUT2D eigenvalue weighted by molar-refractivity contribution is 5.92. The second-order valence-electron chi connectivity index (χ2n) is 8.98. The van der Waals surface area contributed by atoms with Crippen LogP contribution in [0.2, 0.25) is 0 Å². The van der Waals surface area contributed by atoms with E-state index in [4.69, 9.17) is 4.98 Å². The van der Waals surface area contributed by atoms with Gasteiger partial charge in [0.2, 0.25) is 0 Å². The third-order valence-electron chi connectivity index (χ3n) is 6.64. The van der Waals surface area contributed by atoms with Crippen LogP contribution < -0.4 is 9.80 Å². The minimum Gasteiger partial charge on any atom is -0.363 e. The van der Waals surface area contributed by atoms with Crippen molar-refractivity contribution in [2.45, 2.75) is 19.9 Å². The molecule has 0 unspecified atom stereocenters. The highest BCUT2D eigenvalue weighted by Gasteiger charge is 2.27. The van der Waals surface area contributed by atoms with Crippen molar-refractivity contribution in [3.05, 3.63) is 84.7 Å². The zero-order valence-electron chi connectivity index (χ0n) is 19.0. The Bertz CT molecular complexity index is 1440. The molecule has 0 amide bonds. The minimum absolute atomic E-state index is 0.334. The fourth-order valence-electron chi connectivity index (χ4n) is 5.03. The van der Waals surface area contributed by atoms with E-state index in [9.17, 15) is 0 Å². The molecule has 1 atom stereocenters. The van der Waals surface area contributed by atoms with Crippen LogP contribution >= 0.6 is 0 Å². The number of hydrogen-bond acceptors (Lipinski definition) is 4. The van der Waals surface area contributed by atoms with Crippen LogP contribution in [0, 0.1) is 6.92 Å². The summed E-state index contributed by atoms with van der Waals surface area (Å²) >= 11 is 0. The van der Waals surface area contributed by atoms with E-state index in [1.807, 2.05) is 12.3 Å². The summed E-state index contributed by atoms with van der Waals surface area (Å²) in [4.78, 5) is 18.1. The van der Waals surface area contributed by atoms with Gasteiger partial charge in [-0.3, -0.25) is 0 Å². The molecule has 0 radical (unpaired) electrons. The number of pyridine rings is 2. The molecule has 0 saturated carbocycles. The Morgan fingerprint density at radius 3 is 2.64 bits per heavy atom. The van der Waals surface area contributed by atoms with E-state index in [1.54, 1.807) is 0 Å². The zero-order chi connectivity index (χ0) is 22.4. The fourth-order valence-corrected chi connectivity index (χ4v) is 5.03. The van der Waals surface area contributed by atoms with Gasteiger partial charge in [0.25, 0.3) is 0 Å². The van der Waals surface area contributed by atoms with Crippen molar-refractivity contribution >= 4 is 33.3 Å². The number of aromatic nitrogens is 3. The molecule has 1 fully saturated rings. The minimum atomic E-state index is 0.334. The van der Waals surface area contributed by atoms with E-state index >= 15 is 0 Å². The number of hydrogen-bond donors (Lipinski definition) is 1. The van der Waals surface area contributed by atoms with Gasteiger partial charge >= 0.3 is 0 Å². The maximum absolute atomic E-state index is 5.17. The number of nitrogens with one attached hydrogen (secondary N) is 1. The lowest BCUT2D eigenvalue weighted by Crippen LogP contribution is -2.52. The summed E-state index contributed by atoms with van der Waals surface area (Å²) in [7, 11) is 0. The van der Waals surface area contributed by atoms with E-state index in [-0.39, 0.29) is 0 Å². The van der Waals surface area contributed by atoms with Crippen molar-refractivity contribution in [1.29, 1.82) is 0 Å². The molecule has 5 nitrogen and oxygen atoms in total. The van der Waals surface area contributed by atoms with Crippen LogP contribution in [0.3, 0.4) is 0 Å². The number of benzene rings is 2. The van der Waals surface area contributed by atoms with Crippen molar-refractivity contribution in [3.63, 3.8) is 0 Å². The zero-order valence-corrected chi connectivity index (χ0v) is 19.0. The van der Waals surface area contributed by atoms with Gasteiger partial charge in [0, 0.05) is 59.4 Å². The van der Waals surface area contributed by atoms with Crippen molar-refractivity contribution in [1.82, 2.24) is 15.0 Å². The predicted octanol–water partition coefficient (Wildman–Crippen LogP) is 5.80. The third-order valence-corrected chi connectivity index (χ3v) is 6.64. The molecule has 164 valence electrons. The largest absolute Gasteiger partial charge is 0.363 e. The van der Waals surface area contributed by atoms with Crippen LogP contribution in [0.25, 0.3) is 33.1 Å². The highest BCUT2D eigenvalue weighted by atomic mass is 15.3. The summed E-state index contributed by atoms with van der Waals surface area (Å²) in [6, 6.07) is 26.0. The molecule has 4 heterocycles. The van der Waals surface area contributed by atoms with Gasteiger partial charge in [0.1, 0.15) is 5.82 Å². The van der Waals surface area contributed by atoms with Crippen LogP contribution in [0.4, 0.5) is 11.5 Å². The number of aryl methyl sites for hydroxylation is 1.